The molecule has 0 spiro atoms. The molecule has 0 aliphatic carbocycles. The summed E-state index contributed by atoms with van der Waals surface area (Å²) < 4.78 is 14.9. The number of nitrogens with two attached hydrogens (primary N) is 2. The van der Waals surface area contributed by atoms with E-state index in [2.05, 4.69) is 36.9 Å². The molecule has 6 aromatic rings. The summed E-state index contributed by atoms with van der Waals surface area (Å²) in [4.78, 5) is 28.9. The van der Waals surface area contributed by atoms with E-state index in [-0.39, 0.29) is 18.5 Å². The predicted molar refractivity (Wildman–Crippen MR) is 206 cm³/mol. The van der Waals surface area contributed by atoms with Crippen molar-refractivity contribution in [1.82, 2.24) is 25.0 Å². The number of benzene rings is 4. The van der Waals surface area contributed by atoms with Gasteiger partial charge in [0.15, 0.2) is 11.9 Å². The molecule has 2 aliphatic rings. The number of allylic oxidation sites excluding steroid dienone is 2. The number of primary amides is 2. The normalized spacial score (nSPS) is 14.1. The standard InChI is InChI=1S/C19H16ClN5O.C19H15FN4.CH3NO/c20-14-4-1-3-13(11-14)16-5-2-6-17-23-19(24-25(16)17)22-15-9-7-12(8-10-15)18(21)26;1-13-5-11-16(12-6-13)21-19-22-18-4-2-3-17(24(18)23-19)14-7-9-15(20)10-8-14;2-1-3/h1-11,19,22,24H,(H2,21,26);2-12H,1H3,(H,21,23);1H,(H2,2,3). The third kappa shape index (κ3) is 8.92. The number of fused-ring (bicyclic) bond motifs is 2. The lowest BCUT2D eigenvalue weighted by Crippen LogP contribution is -2.42. The zero-order valence-electron chi connectivity index (χ0n) is 28.3. The average Bonchev–Trinajstić information content (AvgIpc) is 3.77. The van der Waals surface area contributed by atoms with E-state index in [9.17, 15) is 9.18 Å². The second-order valence-electron chi connectivity index (χ2n) is 11.6. The number of aliphatic imine (C=N–C) groups is 1. The van der Waals surface area contributed by atoms with Crippen molar-refractivity contribution >= 4 is 58.4 Å². The number of hydrogen-bond donors (Lipinski definition) is 5. The Morgan fingerprint density at radius 1 is 0.925 bits per heavy atom. The fourth-order valence-electron chi connectivity index (χ4n) is 5.41. The summed E-state index contributed by atoms with van der Waals surface area (Å²) >= 11 is 6.12. The molecule has 2 aliphatic heterocycles. The molecule has 7 N–H and O–H groups in total. The van der Waals surface area contributed by atoms with E-state index in [1.165, 1.54) is 17.7 Å². The number of carbonyl (C=O) groups excluding carboxylic acids is 2. The quantitative estimate of drug-likeness (QED) is 0.114. The number of hydrazine groups is 1. The van der Waals surface area contributed by atoms with Gasteiger partial charge in [-0.05, 0) is 104 Å². The van der Waals surface area contributed by atoms with Crippen LogP contribution in [-0.4, -0.2) is 44.0 Å². The van der Waals surface area contributed by atoms with Crippen LogP contribution < -0.4 is 27.5 Å². The molecular formula is C39H34ClFN10O2. The molecule has 0 radical (unpaired) electrons. The second-order valence-corrected chi connectivity index (χ2v) is 12.0. The Morgan fingerprint density at radius 3 is 2.32 bits per heavy atom. The van der Waals surface area contributed by atoms with Crippen LogP contribution in [-0.2, 0) is 4.79 Å². The first kappa shape index (κ1) is 36.0. The Kier molecular flexibility index (Phi) is 11.2. The summed E-state index contributed by atoms with van der Waals surface area (Å²) in [7, 11) is 0. The summed E-state index contributed by atoms with van der Waals surface area (Å²) in [6.07, 6.45) is 5.80. The number of amides is 2. The smallest absolute Gasteiger partial charge is 0.248 e. The van der Waals surface area contributed by atoms with Crippen LogP contribution in [0, 0.1) is 12.7 Å². The minimum atomic E-state index is -0.450. The molecule has 2 amide bonds. The van der Waals surface area contributed by atoms with Gasteiger partial charge in [-0.15, -0.1) is 5.10 Å². The van der Waals surface area contributed by atoms with Crippen LogP contribution in [0.1, 0.15) is 21.5 Å². The average molecular weight is 729 g/mol. The third-order valence-corrected chi connectivity index (χ3v) is 8.12. The highest BCUT2D eigenvalue weighted by molar-refractivity contribution is 6.30. The van der Waals surface area contributed by atoms with E-state index >= 15 is 0 Å². The SMILES string of the molecule is Cc1ccc(Nc2nc3cccc(-c4ccc(F)cc4)n3n2)cc1.NC(=O)c1ccc(NC2N=C3C=CC=C(c4cccc(Cl)c4)N3N2)cc1.NC=O. The highest BCUT2D eigenvalue weighted by Crippen LogP contribution is 2.27. The lowest BCUT2D eigenvalue weighted by Gasteiger charge is -2.26. The Labute approximate surface area is 309 Å². The molecule has 0 fully saturated rings. The molecule has 1 atom stereocenters. The van der Waals surface area contributed by atoms with Crippen LogP contribution in [0.15, 0.2) is 138 Å². The zero-order valence-corrected chi connectivity index (χ0v) is 29.1. The fourth-order valence-corrected chi connectivity index (χ4v) is 5.60. The van der Waals surface area contributed by atoms with Gasteiger partial charge in [-0.25, -0.2) is 13.9 Å². The number of hydrogen-bond acceptors (Lipinski definition) is 9. The minimum absolute atomic E-state index is 0.250. The molecule has 14 heteroatoms. The number of pyridine rings is 1. The van der Waals surface area contributed by atoms with Gasteiger partial charge in [0.05, 0.1) is 11.4 Å². The maximum atomic E-state index is 13.1. The van der Waals surface area contributed by atoms with Crippen molar-refractivity contribution in [2.24, 2.45) is 16.5 Å². The molecule has 266 valence electrons. The van der Waals surface area contributed by atoms with E-state index in [1.807, 2.05) is 96.9 Å². The van der Waals surface area contributed by atoms with E-state index < -0.39 is 5.91 Å². The van der Waals surface area contributed by atoms with Crippen LogP contribution in [0.3, 0.4) is 0 Å². The number of rotatable bonds is 7. The molecule has 0 bridgehead atoms. The molecular weight excluding hydrogens is 695 g/mol. The molecule has 0 saturated carbocycles. The summed E-state index contributed by atoms with van der Waals surface area (Å²) in [5, 5.41) is 13.6. The number of halogens is 2. The minimum Gasteiger partial charge on any atom is -0.372 e. The van der Waals surface area contributed by atoms with Gasteiger partial charge in [0.2, 0.25) is 18.3 Å². The van der Waals surface area contributed by atoms with Crippen molar-refractivity contribution in [3.8, 4) is 11.3 Å². The summed E-state index contributed by atoms with van der Waals surface area (Å²) in [5.74, 6) is 0.614. The zero-order chi connectivity index (χ0) is 37.3. The predicted octanol–water partition coefficient (Wildman–Crippen LogP) is 6.65. The lowest BCUT2D eigenvalue weighted by molar-refractivity contribution is -0.106. The van der Waals surface area contributed by atoms with Crippen LogP contribution in [0.2, 0.25) is 5.02 Å². The Hall–Kier alpha value is -6.83. The van der Waals surface area contributed by atoms with E-state index in [1.54, 1.807) is 40.9 Å². The second kappa shape index (κ2) is 16.5. The maximum absolute atomic E-state index is 13.1. The number of nitrogens with zero attached hydrogens (tertiary/aromatic N) is 5. The molecule has 53 heavy (non-hydrogen) atoms. The maximum Gasteiger partial charge on any atom is 0.248 e. The fraction of sp³-hybridized carbons (Fsp3) is 0.0513. The highest BCUT2D eigenvalue weighted by atomic mass is 35.5. The van der Waals surface area contributed by atoms with Crippen LogP contribution in [0.25, 0.3) is 22.6 Å². The van der Waals surface area contributed by atoms with Gasteiger partial charge >= 0.3 is 0 Å². The van der Waals surface area contributed by atoms with Crippen LogP contribution in [0.5, 0.6) is 0 Å². The number of carbonyl (C=O) groups is 2. The summed E-state index contributed by atoms with van der Waals surface area (Å²) in [6, 6.07) is 34.7. The van der Waals surface area contributed by atoms with Gasteiger partial charge in [-0.1, -0.05) is 53.6 Å². The largest absolute Gasteiger partial charge is 0.372 e. The number of anilines is 3. The van der Waals surface area contributed by atoms with Crippen LogP contribution >= 0.6 is 11.6 Å². The molecule has 2 aromatic heterocycles. The first-order valence-corrected chi connectivity index (χ1v) is 16.6. The topological polar surface area (TPSA) is 168 Å². The molecule has 1 unspecified atom stereocenters. The van der Waals surface area contributed by atoms with Gasteiger partial charge < -0.3 is 22.1 Å². The van der Waals surface area contributed by atoms with Crippen molar-refractivity contribution in [3.05, 3.63) is 161 Å². The molecule has 0 saturated heterocycles. The number of aryl methyl sites for hydroxylation is 1. The Morgan fingerprint density at radius 2 is 1.62 bits per heavy atom. The first-order chi connectivity index (χ1) is 25.7. The van der Waals surface area contributed by atoms with Gasteiger partial charge in [-0.3, -0.25) is 14.6 Å². The first-order valence-electron chi connectivity index (χ1n) is 16.3. The lowest BCUT2D eigenvalue weighted by atomic mass is 10.1. The molecule has 8 rings (SSSR count). The van der Waals surface area contributed by atoms with Crippen molar-refractivity contribution in [2.45, 2.75) is 13.2 Å². The Bertz CT molecular complexity index is 2320. The monoisotopic (exact) mass is 728 g/mol. The molecule has 4 heterocycles. The number of amidine groups is 1. The molecule has 12 nitrogen and oxygen atoms in total. The third-order valence-electron chi connectivity index (χ3n) is 7.88. The van der Waals surface area contributed by atoms with Gasteiger partial charge in [0.25, 0.3) is 0 Å². The van der Waals surface area contributed by atoms with E-state index in [0.717, 1.165) is 45.4 Å². The Balaban J connectivity index is 0.000000169. The van der Waals surface area contributed by atoms with Crippen molar-refractivity contribution in [3.63, 3.8) is 0 Å². The van der Waals surface area contributed by atoms with Gasteiger partial charge in [0.1, 0.15) is 11.7 Å². The van der Waals surface area contributed by atoms with E-state index in [4.69, 9.17) is 22.1 Å². The number of aromatic nitrogens is 3. The van der Waals surface area contributed by atoms with Crippen molar-refractivity contribution in [2.75, 3.05) is 10.6 Å². The van der Waals surface area contributed by atoms with Crippen LogP contribution in [0.4, 0.5) is 21.7 Å². The highest BCUT2D eigenvalue weighted by Gasteiger charge is 2.28. The summed E-state index contributed by atoms with van der Waals surface area (Å²) in [5.41, 5.74) is 20.6. The van der Waals surface area contributed by atoms with E-state index in [0.29, 0.717) is 16.5 Å². The van der Waals surface area contributed by atoms with Crippen molar-refractivity contribution in [1.29, 1.82) is 0 Å². The van der Waals surface area contributed by atoms with Crippen molar-refractivity contribution < 1.29 is 14.0 Å². The van der Waals surface area contributed by atoms with Gasteiger partial charge in [-0.2, -0.15) is 10.4 Å². The molecule has 4 aromatic carbocycles. The van der Waals surface area contributed by atoms with Gasteiger partial charge in [0, 0.05) is 33.1 Å². The summed E-state index contributed by atoms with van der Waals surface area (Å²) in [6.45, 7) is 2.04. The number of nitrogens with one attached hydrogen (secondary N) is 3.